The summed E-state index contributed by atoms with van der Waals surface area (Å²) in [4.78, 5) is 15.2. The molecule has 0 bridgehead atoms. The molecule has 3 rings (SSSR count). The number of carbonyl (C=O) groups excluding carboxylic acids is 1. The Bertz CT molecular complexity index is 687. The zero-order valence-corrected chi connectivity index (χ0v) is 13.6. The fourth-order valence-electron chi connectivity index (χ4n) is 2.51. The Morgan fingerprint density at radius 2 is 1.57 bits per heavy atom. The number of amides is 2. The quantitative estimate of drug-likeness (QED) is 0.756. The monoisotopic (exact) mass is 329 g/mol. The molecule has 23 heavy (non-hydrogen) atoms. The maximum atomic E-state index is 12.3. The van der Waals surface area contributed by atoms with E-state index in [2.05, 4.69) is 28.2 Å². The molecule has 0 saturated carbocycles. The molecule has 0 spiro atoms. The molecule has 0 aliphatic carbocycles. The Labute approximate surface area is 141 Å². The minimum atomic E-state index is -0.285. The number of benzene rings is 2. The van der Waals surface area contributed by atoms with Crippen molar-refractivity contribution < 1.29 is 9.53 Å². The number of hydrogen-bond donors (Lipinski definition) is 3. The molecule has 6 heteroatoms. The van der Waals surface area contributed by atoms with E-state index < -0.39 is 0 Å². The third-order valence-electron chi connectivity index (χ3n) is 3.66. The van der Waals surface area contributed by atoms with E-state index in [1.165, 1.54) is 0 Å². The van der Waals surface area contributed by atoms with Crippen LogP contribution >= 0.6 is 12.6 Å². The molecule has 1 saturated heterocycles. The Morgan fingerprint density at radius 3 is 2.30 bits per heavy atom. The number of anilines is 3. The molecular weight excluding hydrogens is 310 g/mol. The highest BCUT2D eigenvalue weighted by molar-refractivity contribution is 7.80. The van der Waals surface area contributed by atoms with Gasteiger partial charge in [0.15, 0.2) is 0 Å². The molecule has 2 aromatic carbocycles. The van der Waals surface area contributed by atoms with Crippen molar-refractivity contribution in [1.29, 1.82) is 0 Å². The van der Waals surface area contributed by atoms with Crippen LogP contribution in [0.25, 0.3) is 0 Å². The average molecular weight is 329 g/mol. The topological polar surface area (TPSA) is 53.6 Å². The average Bonchev–Trinajstić information content (AvgIpc) is 2.58. The number of morpholine rings is 1. The van der Waals surface area contributed by atoms with E-state index in [1.807, 2.05) is 48.5 Å². The summed E-state index contributed by atoms with van der Waals surface area (Å²) in [5.41, 5.74) is 2.46. The Morgan fingerprint density at radius 1 is 0.957 bits per heavy atom. The van der Waals surface area contributed by atoms with Crippen molar-refractivity contribution in [2.24, 2.45) is 0 Å². The summed E-state index contributed by atoms with van der Waals surface area (Å²) in [6.07, 6.45) is 0. The van der Waals surface area contributed by atoms with Gasteiger partial charge in [-0.3, -0.25) is 0 Å². The molecular formula is C17H19N3O2S. The molecule has 0 radical (unpaired) electrons. The molecule has 0 aromatic heterocycles. The number of urea groups is 1. The fourth-order valence-corrected chi connectivity index (χ4v) is 2.73. The van der Waals surface area contributed by atoms with Crippen LogP contribution in [0.2, 0.25) is 0 Å². The predicted octanol–water partition coefficient (Wildman–Crippen LogP) is 3.46. The predicted molar refractivity (Wildman–Crippen MR) is 95.8 cm³/mol. The van der Waals surface area contributed by atoms with Crippen LogP contribution in [0.5, 0.6) is 0 Å². The second-order valence-corrected chi connectivity index (χ2v) is 5.69. The number of rotatable bonds is 3. The summed E-state index contributed by atoms with van der Waals surface area (Å²) >= 11 is 4.34. The van der Waals surface area contributed by atoms with E-state index in [0.717, 1.165) is 29.4 Å². The van der Waals surface area contributed by atoms with Crippen molar-refractivity contribution in [2.75, 3.05) is 41.8 Å². The molecule has 2 amide bonds. The maximum Gasteiger partial charge on any atom is 0.323 e. The zero-order chi connectivity index (χ0) is 16.1. The first-order valence-corrected chi connectivity index (χ1v) is 7.96. The summed E-state index contributed by atoms with van der Waals surface area (Å²) in [7, 11) is 0. The standard InChI is InChI=1S/C17H19N3O2S/c21-17(19-14-6-2-4-8-16(14)23)18-13-5-1-3-7-15(13)20-9-11-22-12-10-20/h1-8,23H,9-12H2,(H2,18,19,21). The SMILES string of the molecule is O=C(Nc1ccccc1S)Nc1ccccc1N1CCOCC1. The van der Waals surface area contributed by atoms with Gasteiger partial charge in [0.25, 0.3) is 0 Å². The molecule has 5 nitrogen and oxygen atoms in total. The first kappa shape index (κ1) is 15.7. The van der Waals surface area contributed by atoms with E-state index in [4.69, 9.17) is 4.74 Å². The second-order valence-electron chi connectivity index (χ2n) is 5.21. The lowest BCUT2D eigenvalue weighted by molar-refractivity contribution is 0.123. The van der Waals surface area contributed by atoms with Crippen molar-refractivity contribution in [3.8, 4) is 0 Å². The third kappa shape index (κ3) is 3.97. The normalized spacial score (nSPS) is 14.4. The van der Waals surface area contributed by atoms with Crippen molar-refractivity contribution in [2.45, 2.75) is 4.90 Å². The smallest absolute Gasteiger partial charge is 0.323 e. The van der Waals surface area contributed by atoms with Gasteiger partial charge in [-0.25, -0.2) is 4.79 Å². The summed E-state index contributed by atoms with van der Waals surface area (Å²) in [5.74, 6) is 0. The molecule has 2 aromatic rings. The van der Waals surface area contributed by atoms with Gasteiger partial charge in [0.05, 0.1) is 30.3 Å². The van der Waals surface area contributed by atoms with Gasteiger partial charge >= 0.3 is 6.03 Å². The van der Waals surface area contributed by atoms with Gasteiger partial charge in [-0.1, -0.05) is 24.3 Å². The van der Waals surface area contributed by atoms with Crippen LogP contribution in [-0.2, 0) is 4.74 Å². The van der Waals surface area contributed by atoms with Crippen LogP contribution < -0.4 is 15.5 Å². The Kier molecular flexibility index (Phi) is 5.05. The molecule has 2 N–H and O–H groups in total. The van der Waals surface area contributed by atoms with Crippen molar-refractivity contribution in [3.63, 3.8) is 0 Å². The van der Waals surface area contributed by atoms with Gasteiger partial charge in [-0.05, 0) is 24.3 Å². The van der Waals surface area contributed by atoms with Crippen molar-refractivity contribution in [3.05, 3.63) is 48.5 Å². The molecule has 0 atom stereocenters. The molecule has 1 aliphatic heterocycles. The lowest BCUT2D eigenvalue weighted by Crippen LogP contribution is -2.37. The molecule has 1 aliphatic rings. The lowest BCUT2D eigenvalue weighted by Gasteiger charge is -2.30. The van der Waals surface area contributed by atoms with Gasteiger partial charge in [0.2, 0.25) is 0 Å². The summed E-state index contributed by atoms with van der Waals surface area (Å²) in [5, 5.41) is 5.74. The highest BCUT2D eigenvalue weighted by Crippen LogP contribution is 2.27. The maximum absolute atomic E-state index is 12.3. The van der Waals surface area contributed by atoms with Crippen LogP contribution in [0.1, 0.15) is 0 Å². The van der Waals surface area contributed by atoms with Crippen LogP contribution in [0.15, 0.2) is 53.4 Å². The lowest BCUT2D eigenvalue weighted by atomic mass is 10.2. The Hall–Kier alpha value is -2.18. The summed E-state index contributed by atoms with van der Waals surface area (Å²) < 4.78 is 5.38. The van der Waals surface area contributed by atoms with Gasteiger partial charge in [-0.15, -0.1) is 12.6 Å². The highest BCUT2D eigenvalue weighted by atomic mass is 32.1. The van der Waals surface area contributed by atoms with Crippen LogP contribution in [-0.4, -0.2) is 32.3 Å². The number of carbonyl (C=O) groups is 1. The molecule has 1 heterocycles. The summed E-state index contributed by atoms with van der Waals surface area (Å²) in [6, 6.07) is 14.9. The third-order valence-corrected chi connectivity index (χ3v) is 4.05. The van der Waals surface area contributed by atoms with Crippen molar-refractivity contribution in [1.82, 2.24) is 0 Å². The minimum Gasteiger partial charge on any atom is -0.378 e. The van der Waals surface area contributed by atoms with Gasteiger partial charge in [0, 0.05) is 18.0 Å². The van der Waals surface area contributed by atoms with Crippen LogP contribution in [0.3, 0.4) is 0 Å². The minimum absolute atomic E-state index is 0.285. The van der Waals surface area contributed by atoms with E-state index >= 15 is 0 Å². The first-order chi connectivity index (χ1) is 11.2. The number of ether oxygens (including phenoxy) is 1. The fraction of sp³-hybridized carbons (Fsp3) is 0.235. The van der Waals surface area contributed by atoms with E-state index in [0.29, 0.717) is 18.9 Å². The molecule has 120 valence electrons. The Balaban J connectivity index is 1.72. The largest absolute Gasteiger partial charge is 0.378 e. The second kappa shape index (κ2) is 7.39. The number of hydrogen-bond acceptors (Lipinski definition) is 4. The summed E-state index contributed by atoms with van der Waals surface area (Å²) in [6.45, 7) is 3.04. The van der Waals surface area contributed by atoms with Gasteiger partial charge in [0.1, 0.15) is 0 Å². The molecule has 1 fully saturated rings. The van der Waals surface area contributed by atoms with Crippen LogP contribution in [0, 0.1) is 0 Å². The first-order valence-electron chi connectivity index (χ1n) is 7.52. The number of thiol groups is 1. The zero-order valence-electron chi connectivity index (χ0n) is 12.7. The molecule has 0 unspecified atom stereocenters. The highest BCUT2D eigenvalue weighted by Gasteiger charge is 2.15. The van der Waals surface area contributed by atoms with E-state index in [1.54, 1.807) is 0 Å². The van der Waals surface area contributed by atoms with Crippen LogP contribution in [0.4, 0.5) is 21.9 Å². The van der Waals surface area contributed by atoms with E-state index in [9.17, 15) is 4.79 Å². The number of nitrogens with zero attached hydrogens (tertiary/aromatic N) is 1. The number of nitrogens with one attached hydrogen (secondary N) is 2. The van der Waals surface area contributed by atoms with Gasteiger partial charge < -0.3 is 20.3 Å². The number of para-hydroxylation sites is 3. The van der Waals surface area contributed by atoms with Gasteiger partial charge in [-0.2, -0.15) is 0 Å². The van der Waals surface area contributed by atoms with E-state index in [-0.39, 0.29) is 6.03 Å². The van der Waals surface area contributed by atoms with Crippen molar-refractivity contribution >= 4 is 35.7 Å².